The molecule has 1 heterocycles. The summed E-state index contributed by atoms with van der Waals surface area (Å²) in [5.74, 6) is 3.29. The van der Waals surface area contributed by atoms with Gasteiger partial charge in [-0.05, 0) is 68.6 Å². The van der Waals surface area contributed by atoms with Gasteiger partial charge in [0.1, 0.15) is 12.2 Å². The van der Waals surface area contributed by atoms with Crippen LogP contribution in [0.25, 0.3) is 0 Å². The van der Waals surface area contributed by atoms with Gasteiger partial charge in [0.05, 0.1) is 0 Å². The molecule has 102 valence electrons. The van der Waals surface area contributed by atoms with Crippen molar-refractivity contribution >= 4 is 0 Å². The molecule has 0 radical (unpaired) electrons. The second kappa shape index (κ2) is 3.24. The lowest BCUT2D eigenvalue weighted by molar-refractivity contribution is -0.0661. The minimum atomic E-state index is 0.387. The summed E-state index contributed by atoms with van der Waals surface area (Å²) >= 11 is 0. The van der Waals surface area contributed by atoms with E-state index in [-0.39, 0.29) is 0 Å². The topological polar surface area (TPSA) is 30.7 Å². The summed E-state index contributed by atoms with van der Waals surface area (Å²) in [6, 6.07) is 0.728. The minimum Gasteiger partial charge on any atom is -0.314 e. The van der Waals surface area contributed by atoms with Crippen LogP contribution in [-0.4, -0.2) is 14.8 Å². The highest BCUT2D eigenvalue weighted by Gasteiger charge is 2.58. The lowest BCUT2D eigenvalue weighted by Gasteiger charge is -2.60. The van der Waals surface area contributed by atoms with E-state index in [1.165, 1.54) is 57.2 Å². The summed E-state index contributed by atoms with van der Waals surface area (Å²) < 4.78 is 2.44. The predicted octanol–water partition coefficient (Wildman–Crippen LogP) is 3.47. The van der Waals surface area contributed by atoms with Crippen LogP contribution < -0.4 is 0 Å². The van der Waals surface area contributed by atoms with Crippen molar-refractivity contribution in [2.45, 2.75) is 69.7 Å². The van der Waals surface area contributed by atoms with Gasteiger partial charge in [-0.25, -0.2) is 0 Å². The first-order chi connectivity index (χ1) is 9.16. The molecule has 2 atom stereocenters. The van der Waals surface area contributed by atoms with E-state index < -0.39 is 0 Å². The van der Waals surface area contributed by atoms with Crippen molar-refractivity contribution in [2.24, 2.45) is 17.3 Å². The van der Waals surface area contributed by atoms with Crippen LogP contribution in [0, 0.1) is 17.3 Å². The van der Waals surface area contributed by atoms with E-state index in [1.807, 2.05) is 6.33 Å². The Morgan fingerprint density at radius 3 is 2.53 bits per heavy atom. The molecule has 1 aromatic rings. The fourth-order valence-electron chi connectivity index (χ4n) is 6.22. The maximum atomic E-state index is 4.61. The molecule has 1 aromatic heterocycles. The first-order valence-electron chi connectivity index (χ1n) is 8.06. The Morgan fingerprint density at radius 2 is 1.89 bits per heavy atom. The van der Waals surface area contributed by atoms with Crippen molar-refractivity contribution in [2.75, 3.05) is 0 Å². The second-order valence-electron chi connectivity index (χ2n) is 8.35. The Kier molecular flexibility index (Phi) is 1.85. The van der Waals surface area contributed by atoms with Crippen LogP contribution in [-0.2, 0) is 5.41 Å². The lowest BCUT2D eigenvalue weighted by atomic mass is 9.44. The van der Waals surface area contributed by atoms with Crippen LogP contribution in [0.4, 0.5) is 0 Å². The van der Waals surface area contributed by atoms with Gasteiger partial charge < -0.3 is 4.57 Å². The molecule has 5 aliphatic carbocycles. The maximum absolute atomic E-state index is 4.61. The number of rotatable bonds is 2. The van der Waals surface area contributed by atoms with Gasteiger partial charge in [0.2, 0.25) is 0 Å². The fourth-order valence-corrected chi connectivity index (χ4v) is 6.22. The standard InChI is InChI=1S/C16H23N3/c1-15-5-11-4-12(6-15)8-16(7-11,9-15)14-18-17-10-19(14)13-2-3-13/h10-13H,2-9H2,1H3. The highest BCUT2D eigenvalue weighted by atomic mass is 15.3. The van der Waals surface area contributed by atoms with E-state index >= 15 is 0 Å². The number of hydrogen-bond acceptors (Lipinski definition) is 2. The van der Waals surface area contributed by atoms with Crippen molar-refractivity contribution in [3.05, 3.63) is 12.2 Å². The Bertz CT molecular complexity index is 514. The average Bonchev–Trinajstić information content (AvgIpc) is 3.03. The Balaban J connectivity index is 1.61. The third-order valence-electron chi connectivity index (χ3n) is 6.34. The van der Waals surface area contributed by atoms with Gasteiger partial charge in [-0.15, -0.1) is 10.2 Å². The third-order valence-corrected chi connectivity index (χ3v) is 6.34. The van der Waals surface area contributed by atoms with Crippen LogP contribution in [0.3, 0.4) is 0 Å². The predicted molar refractivity (Wildman–Crippen MR) is 72.8 cm³/mol. The van der Waals surface area contributed by atoms with E-state index in [4.69, 9.17) is 0 Å². The van der Waals surface area contributed by atoms with Crippen LogP contribution >= 0.6 is 0 Å². The lowest BCUT2D eigenvalue weighted by Crippen LogP contribution is -2.53. The van der Waals surface area contributed by atoms with Crippen LogP contribution in [0.5, 0.6) is 0 Å². The van der Waals surface area contributed by atoms with Crippen molar-refractivity contribution in [3.8, 4) is 0 Å². The summed E-state index contributed by atoms with van der Waals surface area (Å²) in [6.45, 7) is 2.54. The summed E-state index contributed by atoms with van der Waals surface area (Å²) in [6.07, 6.45) is 13.3. The third kappa shape index (κ3) is 1.45. The second-order valence-corrected chi connectivity index (χ2v) is 8.35. The summed E-state index contributed by atoms with van der Waals surface area (Å²) in [4.78, 5) is 0. The molecule has 19 heavy (non-hydrogen) atoms. The zero-order chi connectivity index (χ0) is 12.7. The average molecular weight is 257 g/mol. The molecule has 0 saturated heterocycles. The molecular formula is C16H23N3. The molecule has 5 fully saturated rings. The van der Waals surface area contributed by atoms with Crippen LogP contribution in [0.15, 0.2) is 6.33 Å². The summed E-state index contributed by atoms with van der Waals surface area (Å²) in [5.41, 5.74) is 0.988. The summed E-state index contributed by atoms with van der Waals surface area (Å²) in [7, 11) is 0. The first kappa shape index (κ1) is 10.9. The summed E-state index contributed by atoms with van der Waals surface area (Å²) in [5, 5.41) is 8.89. The molecule has 0 spiro atoms. The molecule has 5 aliphatic rings. The van der Waals surface area contributed by atoms with Crippen molar-refractivity contribution in [1.82, 2.24) is 14.8 Å². The van der Waals surface area contributed by atoms with Crippen LogP contribution in [0.2, 0.25) is 0 Å². The molecule has 0 aliphatic heterocycles. The van der Waals surface area contributed by atoms with E-state index in [1.54, 1.807) is 0 Å². The van der Waals surface area contributed by atoms with Gasteiger partial charge in [-0.1, -0.05) is 6.92 Å². The molecule has 0 aromatic carbocycles. The molecule has 5 saturated carbocycles. The van der Waals surface area contributed by atoms with Gasteiger partial charge in [-0.3, -0.25) is 0 Å². The monoisotopic (exact) mass is 257 g/mol. The quantitative estimate of drug-likeness (QED) is 0.812. The van der Waals surface area contributed by atoms with Gasteiger partial charge in [0.25, 0.3) is 0 Å². The Hall–Kier alpha value is -0.860. The number of aromatic nitrogens is 3. The van der Waals surface area contributed by atoms with Crippen molar-refractivity contribution in [3.63, 3.8) is 0 Å². The number of hydrogen-bond donors (Lipinski definition) is 0. The SMILES string of the molecule is CC12CC3CC(C1)CC(c1nncn1C1CC1)(C3)C2. The fraction of sp³-hybridized carbons (Fsp3) is 0.875. The van der Waals surface area contributed by atoms with E-state index in [2.05, 4.69) is 21.7 Å². The van der Waals surface area contributed by atoms with E-state index in [9.17, 15) is 0 Å². The molecule has 3 nitrogen and oxygen atoms in total. The minimum absolute atomic E-state index is 0.387. The van der Waals surface area contributed by atoms with Gasteiger partial charge in [-0.2, -0.15) is 0 Å². The largest absolute Gasteiger partial charge is 0.314 e. The smallest absolute Gasteiger partial charge is 0.139 e. The number of nitrogens with zero attached hydrogens (tertiary/aromatic N) is 3. The molecule has 4 bridgehead atoms. The van der Waals surface area contributed by atoms with E-state index in [0.717, 1.165) is 17.9 Å². The highest BCUT2D eigenvalue weighted by molar-refractivity contribution is 5.20. The Morgan fingerprint density at radius 1 is 1.16 bits per heavy atom. The van der Waals surface area contributed by atoms with Gasteiger partial charge >= 0.3 is 0 Å². The maximum Gasteiger partial charge on any atom is 0.139 e. The van der Waals surface area contributed by atoms with Gasteiger partial charge in [0, 0.05) is 11.5 Å². The van der Waals surface area contributed by atoms with Crippen molar-refractivity contribution < 1.29 is 0 Å². The van der Waals surface area contributed by atoms with Crippen LogP contribution in [0.1, 0.15) is 70.2 Å². The molecular weight excluding hydrogens is 234 g/mol. The molecule has 6 rings (SSSR count). The zero-order valence-electron chi connectivity index (χ0n) is 11.8. The molecule has 0 N–H and O–H groups in total. The first-order valence-corrected chi connectivity index (χ1v) is 8.06. The molecule has 0 amide bonds. The normalized spacial score (nSPS) is 47.8. The molecule has 3 heteroatoms. The highest BCUT2D eigenvalue weighted by Crippen LogP contribution is 2.65. The molecule has 2 unspecified atom stereocenters. The zero-order valence-corrected chi connectivity index (χ0v) is 11.8. The van der Waals surface area contributed by atoms with E-state index in [0.29, 0.717) is 10.8 Å². The van der Waals surface area contributed by atoms with Crippen molar-refractivity contribution in [1.29, 1.82) is 0 Å². The van der Waals surface area contributed by atoms with Gasteiger partial charge in [0.15, 0.2) is 0 Å². The Labute approximate surface area is 114 Å².